The number of carbonyl (C=O) groups excluding carboxylic acids is 1. The quantitative estimate of drug-likeness (QED) is 0.629. The van der Waals surface area contributed by atoms with Gasteiger partial charge in [-0.3, -0.25) is 0 Å². The minimum absolute atomic E-state index is 0.0462. The molecule has 0 bridgehead atoms. The number of halogens is 1. The first kappa shape index (κ1) is 6.34. The van der Waals surface area contributed by atoms with Crippen molar-refractivity contribution in [3.63, 3.8) is 0 Å². The third-order valence-electron chi connectivity index (χ3n) is 0.270. The summed E-state index contributed by atoms with van der Waals surface area (Å²) >= 11 is -0.0462. The van der Waals surface area contributed by atoms with Crippen LogP contribution in [0.4, 0.5) is 4.39 Å². The van der Waals surface area contributed by atoms with E-state index < -0.39 is 12.6 Å². The van der Waals surface area contributed by atoms with Crippen LogP contribution < -0.4 is 0 Å². The van der Waals surface area contributed by atoms with Crippen LogP contribution in [-0.2, 0) is 34.0 Å². The fraction of sp³-hybridized carbons (Fsp3) is 0.500. The van der Waals surface area contributed by atoms with Gasteiger partial charge in [0.15, 0.2) is 0 Å². The summed E-state index contributed by atoms with van der Waals surface area (Å²) in [6.07, 6.45) is 0. The Hall–Kier alpha value is 0.335. The standard InChI is InChI=1S/C2H3FO2.Hg/c3-1-2(4)5;/h1H2,(H,4,5);/q;+1/p-1. The normalized spacial score (nSPS) is 7.83. The zero-order valence-electron chi connectivity index (χ0n) is 3.11. The molecular weight excluding hydrogens is 276 g/mol. The van der Waals surface area contributed by atoms with Crippen LogP contribution in [0.3, 0.4) is 0 Å². The summed E-state index contributed by atoms with van der Waals surface area (Å²) in [6, 6.07) is 0. The van der Waals surface area contributed by atoms with Gasteiger partial charge in [0, 0.05) is 0 Å². The molecule has 2 nitrogen and oxygen atoms in total. The molecule has 0 amide bonds. The van der Waals surface area contributed by atoms with Gasteiger partial charge in [-0.25, -0.2) is 0 Å². The molecule has 0 rings (SSSR count). The summed E-state index contributed by atoms with van der Waals surface area (Å²) in [7, 11) is 0. The van der Waals surface area contributed by atoms with E-state index in [1.807, 2.05) is 0 Å². The van der Waals surface area contributed by atoms with Gasteiger partial charge in [0.1, 0.15) is 0 Å². The minimum atomic E-state index is -0.983. The maximum absolute atomic E-state index is 10.9. The summed E-state index contributed by atoms with van der Waals surface area (Å²) < 4.78 is 15.0. The predicted octanol–water partition coefficient (Wildman–Crippen LogP) is -0.0391. The average molecular weight is 278 g/mol. The second-order valence-corrected chi connectivity index (χ2v) is 1.77. The molecule has 0 N–H and O–H groups in total. The van der Waals surface area contributed by atoms with Crippen molar-refractivity contribution in [2.45, 2.75) is 0 Å². The van der Waals surface area contributed by atoms with E-state index in [-0.39, 0.29) is 26.6 Å². The molecule has 6 heavy (non-hydrogen) atoms. The van der Waals surface area contributed by atoms with Crippen LogP contribution in [0.25, 0.3) is 0 Å². The van der Waals surface area contributed by atoms with Crippen molar-refractivity contribution in [1.29, 1.82) is 0 Å². The molecule has 0 spiro atoms. The Morgan fingerprint density at radius 1 is 2.00 bits per heavy atom. The maximum atomic E-state index is 10.9. The molecule has 0 unspecified atom stereocenters. The molecule has 0 heterocycles. The molecule has 0 saturated heterocycles. The van der Waals surface area contributed by atoms with E-state index in [1.54, 1.807) is 0 Å². The van der Waals surface area contributed by atoms with Crippen LogP contribution in [0.5, 0.6) is 0 Å². The number of alkyl halides is 1. The first-order valence-electron chi connectivity index (χ1n) is 1.32. The molecule has 0 atom stereocenters. The summed E-state index contributed by atoms with van der Waals surface area (Å²) in [4.78, 5) is 9.63. The van der Waals surface area contributed by atoms with Crippen molar-refractivity contribution in [3.05, 3.63) is 0 Å². The molecule has 0 aliphatic heterocycles. The number of hydrogen-bond acceptors (Lipinski definition) is 2. The first-order chi connectivity index (χ1) is 2.81. The first-order valence-corrected chi connectivity index (χ1v) is 3.56. The fourth-order valence-electron chi connectivity index (χ4n) is 0.0386. The van der Waals surface area contributed by atoms with Gasteiger partial charge in [-0.05, 0) is 0 Å². The Bertz CT molecular complexity index is 49.5. The van der Waals surface area contributed by atoms with E-state index in [4.69, 9.17) is 0 Å². The van der Waals surface area contributed by atoms with Crippen molar-refractivity contribution in [2.75, 3.05) is 6.67 Å². The fourth-order valence-corrected chi connectivity index (χ4v) is 0.339. The molecule has 0 aromatic carbocycles. The molecule has 4 heteroatoms. The topological polar surface area (TPSA) is 26.3 Å². The zero-order chi connectivity index (χ0) is 4.99. The van der Waals surface area contributed by atoms with Crippen molar-refractivity contribution in [3.8, 4) is 0 Å². The summed E-state index contributed by atoms with van der Waals surface area (Å²) in [6.45, 7) is -0.983. The third-order valence-corrected chi connectivity index (χ3v) is 1.52. The Kier molecular flexibility index (Phi) is 3.72. The second kappa shape index (κ2) is 3.52. The van der Waals surface area contributed by atoms with Crippen molar-refractivity contribution >= 4 is 5.97 Å². The molecule has 0 aliphatic rings. The van der Waals surface area contributed by atoms with Crippen molar-refractivity contribution < 1.29 is 38.4 Å². The number of hydrogen-bond donors (Lipinski definition) is 0. The molecule has 0 aliphatic carbocycles. The summed E-state index contributed by atoms with van der Waals surface area (Å²) in [5.41, 5.74) is 0. The van der Waals surface area contributed by atoms with E-state index >= 15 is 0 Å². The predicted molar refractivity (Wildman–Crippen MR) is 12.1 cm³/mol. The molecule has 0 radical (unpaired) electrons. The molecule has 0 saturated carbocycles. The van der Waals surface area contributed by atoms with Crippen molar-refractivity contribution in [2.24, 2.45) is 0 Å². The summed E-state index contributed by atoms with van der Waals surface area (Å²) in [5.74, 6) is -0.738. The molecule has 0 aromatic heterocycles. The Morgan fingerprint density at radius 3 is 2.50 bits per heavy atom. The van der Waals surface area contributed by atoms with Gasteiger partial charge in [0.25, 0.3) is 0 Å². The zero-order valence-corrected chi connectivity index (χ0v) is 8.61. The molecular formula is C2H2FHgO2. The van der Waals surface area contributed by atoms with E-state index in [1.165, 1.54) is 0 Å². The van der Waals surface area contributed by atoms with Crippen LogP contribution >= 0.6 is 0 Å². The van der Waals surface area contributed by atoms with E-state index in [9.17, 15) is 9.18 Å². The van der Waals surface area contributed by atoms with Crippen LogP contribution in [-0.4, -0.2) is 12.6 Å². The Morgan fingerprint density at radius 2 is 2.50 bits per heavy atom. The van der Waals surface area contributed by atoms with Crippen LogP contribution in [0.1, 0.15) is 0 Å². The SMILES string of the molecule is O=C(CF)[O][Hg]. The molecule has 0 aromatic rings. The second-order valence-electron chi connectivity index (χ2n) is 0.650. The van der Waals surface area contributed by atoms with Crippen LogP contribution in [0.2, 0.25) is 0 Å². The Labute approximate surface area is 51.3 Å². The van der Waals surface area contributed by atoms with E-state index in [0.29, 0.717) is 0 Å². The monoisotopic (exact) mass is 279 g/mol. The van der Waals surface area contributed by atoms with Crippen molar-refractivity contribution in [1.82, 2.24) is 0 Å². The van der Waals surface area contributed by atoms with Gasteiger partial charge >= 0.3 is 51.1 Å². The van der Waals surface area contributed by atoms with Crippen LogP contribution in [0.15, 0.2) is 0 Å². The summed E-state index contributed by atoms with van der Waals surface area (Å²) in [5, 5.41) is 0. The Balaban J connectivity index is 2.99. The van der Waals surface area contributed by atoms with Gasteiger partial charge in [-0.2, -0.15) is 0 Å². The number of rotatable bonds is 1. The van der Waals surface area contributed by atoms with Gasteiger partial charge in [0.2, 0.25) is 0 Å². The van der Waals surface area contributed by atoms with E-state index in [0.717, 1.165) is 0 Å². The molecule has 0 fully saturated rings. The number of carbonyl (C=O) groups is 1. The third kappa shape index (κ3) is 2.57. The van der Waals surface area contributed by atoms with Crippen LogP contribution in [0, 0.1) is 0 Å². The molecule has 31 valence electrons. The van der Waals surface area contributed by atoms with E-state index in [2.05, 4.69) is 2.64 Å². The van der Waals surface area contributed by atoms with Gasteiger partial charge < -0.3 is 0 Å². The van der Waals surface area contributed by atoms with Gasteiger partial charge in [0.05, 0.1) is 0 Å². The van der Waals surface area contributed by atoms with Gasteiger partial charge in [-0.15, -0.1) is 0 Å². The average Bonchev–Trinajstić information content (AvgIpc) is 1.65. The van der Waals surface area contributed by atoms with Gasteiger partial charge in [-0.1, -0.05) is 0 Å².